The van der Waals surface area contributed by atoms with E-state index in [1.165, 1.54) is 0 Å². The maximum Gasteiger partial charge on any atom is 0.303 e. The van der Waals surface area contributed by atoms with E-state index in [-0.39, 0.29) is 29.2 Å². The number of pyridine rings is 1. The number of alkyl halides is 2. The van der Waals surface area contributed by atoms with Gasteiger partial charge in [-0.2, -0.15) is 8.78 Å². The molecule has 9 heteroatoms. The second-order valence-corrected chi connectivity index (χ2v) is 7.98. The Labute approximate surface area is 154 Å². The van der Waals surface area contributed by atoms with Gasteiger partial charge in [0.05, 0.1) is 16.8 Å². The number of aliphatic hydroxyl groups is 1. The number of aliphatic carboxylic acids is 1. The van der Waals surface area contributed by atoms with Crippen molar-refractivity contribution in [3.05, 3.63) is 16.8 Å². The number of hydrogen-bond acceptors (Lipinski definition) is 5. The first-order chi connectivity index (χ1) is 12.1. The minimum Gasteiger partial charge on any atom is -0.481 e. The molecule has 4 rings (SSSR count). The largest absolute Gasteiger partial charge is 0.481 e. The number of β-amino-alcohol motifs (C(OH)–C–C–N with tert-alkyl or cyclic N) is 1. The van der Waals surface area contributed by atoms with Crippen molar-refractivity contribution >= 4 is 29.1 Å². The van der Waals surface area contributed by atoms with E-state index < -0.39 is 23.7 Å². The average Bonchev–Trinajstić information content (AvgIpc) is 2.93. The van der Waals surface area contributed by atoms with Crippen molar-refractivity contribution < 1.29 is 23.8 Å². The number of carboxylic acid groups (broad SMARTS) is 1. The molecule has 1 unspecified atom stereocenters. The average molecular weight is 388 g/mol. The summed E-state index contributed by atoms with van der Waals surface area (Å²) < 4.78 is 28.0. The van der Waals surface area contributed by atoms with E-state index in [0.29, 0.717) is 37.7 Å². The number of aromatic nitrogens is 1. The molecular weight excluding hydrogens is 368 g/mol. The van der Waals surface area contributed by atoms with Crippen LogP contribution in [0.25, 0.3) is 0 Å². The number of fused-ring (bicyclic) bond motifs is 1. The maximum atomic E-state index is 14.0. The molecule has 1 aliphatic carbocycles. The number of rotatable bonds is 5. The molecule has 3 fully saturated rings. The Balaban J connectivity index is 1.60. The van der Waals surface area contributed by atoms with Gasteiger partial charge in [0.2, 0.25) is 0 Å². The highest BCUT2D eigenvalue weighted by atomic mass is 35.5. The van der Waals surface area contributed by atoms with Gasteiger partial charge in [-0.25, -0.2) is 4.98 Å². The molecule has 3 heterocycles. The van der Waals surface area contributed by atoms with Gasteiger partial charge in [-0.3, -0.25) is 4.79 Å². The summed E-state index contributed by atoms with van der Waals surface area (Å²) in [6.45, 7) is 2.71. The van der Waals surface area contributed by atoms with Crippen LogP contribution in [0.2, 0.25) is 5.02 Å². The monoisotopic (exact) mass is 387 g/mol. The summed E-state index contributed by atoms with van der Waals surface area (Å²) in [5.74, 6) is -2.88. The highest BCUT2D eigenvalue weighted by molar-refractivity contribution is 6.34. The molecule has 0 radical (unpaired) electrons. The molecule has 0 aromatic carbocycles. The van der Waals surface area contributed by atoms with E-state index in [0.717, 1.165) is 6.92 Å². The predicted molar refractivity (Wildman–Crippen MR) is 92.0 cm³/mol. The Hall–Kier alpha value is -1.67. The van der Waals surface area contributed by atoms with Crippen LogP contribution < -0.4 is 9.80 Å². The summed E-state index contributed by atoms with van der Waals surface area (Å²) in [6, 6.07) is 1.69. The number of halogens is 3. The second kappa shape index (κ2) is 5.92. The molecule has 2 N–H and O–H groups in total. The molecule has 6 nitrogen and oxygen atoms in total. The first kappa shape index (κ1) is 17.7. The minimum atomic E-state index is -3.18. The zero-order chi connectivity index (χ0) is 18.8. The molecule has 3 atom stereocenters. The topological polar surface area (TPSA) is 76.9 Å². The van der Waals surface area contributed by atoms with Crippen LogP contribution in [0.4, 0.5) is 20.3 Å². The zero-order valence-electron chi connectivity index (χ0n) is 14.2. The lowest BCUT2D eigenvalue weighted by Crippen LogP contribution is -2.51. The second-order valence-electron chi connectivity index (χ2n) is 7.60. The SMILES string of the molecule is CC(F)(F)c1nc(N2CC(O)C2)cc(N2C[C@@H]3C(CC(=O)O)[C@@H]3C2)c1Cl. The summed E-state index contributed by atoms with van der Waals surface area (Å²) in [5, 5.41) is 18.4. The van der Waals surface area contributed by atoms with Crippen LogP contribution in [-0.4, -0.2) is 53.4 Å². The maximum absolute atomic E-state index is 14.0. The van der Waals surface area contributed by atoms with Crippen molar-refractivity contribution in [2.45, 2.75) is 25.4 Å². The van der Waals surface area contributed by atoms with Gasteiger partial charge < -0.3 is 20.0 Å². The van der Waals surface area contributed by atoms with Gasteiger partial charge in [0.1, 0.15) is 11.5 Å². The van der Waals surface area contributed by atoms with Gasteiger partial charge in [-0.1, -0.05) is 11.6 Å². The zero-order valence-corrected chi connectivity index (χ0v) is 15.0. The summed E-state index contributed by atoms with van der Waals surface area (Å²) in [7, 11) is 0. The van der Waals surface area contributed by atoms with E-state index >= 15 is 0 Å². The quantitative estimate of drug-likeness (QED) is 0.806. The van der Waals surface area contributed by atoms with E-state index in [2.05, 4.69) is 4.98 Å². The van der Waals surface area contributed by atoms with Crippen LogP contribution in [0.1, 0.15) is 19.0 Å². The molecule has 2 aliphatic heterocycles. The van der Waals surface area contributed by atoms with Crippen LogP contribution in [0.5, 0.6) is 0 Å². The summed E-state index contributed by atoms with van der Waals surface area (Å²) in [5.41, 5.74) is 0.0478. The van der Waals surface area contributed by atoms with E-state index in [4.69, 9.17) is 16.7 Å². The number of nitrogens with zero attached hydrogens (tertiary/aromatic N) is 3. The number of piperidine rings is 1. The molecule has 3 aliphatic rings. The van der Waals surface area contributed by atoms with Gasteiger partial charge >= 0.3 is 5.97 Å². The molecular formula is C17H20ClF2N3O3. The van der Waals surface area contributed by atoms with Crippen LogP contribution in [-0.2, 0) is 10.7 Å². The molecule has 1 aromatic heterocycles. The lowest BCUT2D eigenvalue weighted by atomic mass is 10.1. The molecule has 2 saturated heterocycles. The fourth-order valence-corrected chi connectivity index (χ4v) is 4.56. The number of carbonyl (C=O) groups is 1. The number of anilines is 2. The lowest BCUT2D eigenvalue weighted by Gasteiger charge is -2.38. The number of hydrogen-bond donors (Lipinski definition) is 2. The third-order valence-corrected chi connectivity index (χ3v) is 6.02. The summed E-state index contributed by atoms with van der Waals surface area (Å²) >= 11 is 6.28. The van der Waals surface area contributed by atoms with Gasteiger partial charge in [0, 0.05) is 45.6 Å². The van der Waals surface area contributed by atoms with Crippen molar-refractivity contribution in [1.29, 1.82) is 0 Å². The van der Waals surface area contributed by atoms with E-state index in [1.54, 1.807) is 11.0 Å². The third kappa shape index (κ3) is 2.99. The smallest absolute Gasteiger partial charge is 0.303 e. The van der Waals surface area contributed by atoms with Crippen molar-refractivity contribution in [2.24, 2.45) is 17.8 Å². The third-order valence-electron chi connectivity index (χ3n) is 5.65. The summed E-state index contributed by atoms with van der Waals surface area (Å²) in [6.07, 6.45) is -0.319. The van der Waals surface area contributed by atoms with Gasteiger partial charge in [0.15, 0.2) is 0 Å². The first-order valence-corrected chi connectivity index (χ1v) is 9.01. The number of carboxylic acids is 1. The molecule has 1 saturated carbocycles. The van der Waals surface area contributed by atoms with Crippen LogP contribution in [0.15, 0.2) is 6.07 Å². The molecule has 0 spiro atoms. The highest BCUT2D eigenvalue weighted by Crippen LogP contribution is 2.55. The Bertz CT molecular complexity index is 740. The molecule has 142 valence electrons. The fraction of sp³-hybridized carbons (Fsp3) is 0.647. The Morgan fingerprint density at radius 3 is 2.42 bits per heavy atom. The van der Waals surface area contributed by atoms with E-state index in [9.17, 15) is 18.7 Å². The Morgan fingerprint density at radius 2 is 1.92 bits per heavy atom. The van der Waals surface area contributed by atoms with Crippen molar-refractivity contribution in [2.75, 3.05) is 36.0 Å². The highest BCUT2D eigenvalue weighted by Gasteiger charge is 2.56. The molecule has 0 amide bonds. The predicted octanol–water partition coefficient (Wildman–Crippen LogP) is 2.18. The first-order valence-electron chi connectivity index (χ1n) is 8.63. The fourth-order valence-electron chi connectivity index (χ4n) is 4.18. The van der Waals surface area contributed by atoms with Gasteiger partial charge in [-0.05, 0) is 17.8 Å². The van der Waals surface area contributed by atoms with Crippen LogP contribution in [0, 0.1) is 17.8 Å². The van der Waals surface area contributed by atoms with Crippen molar-refractivity contribution in [3.63, 3.8) is 0 Å². The number of aliphatic hydroxyl groups excluding tert-OH is 1. The van der Waals surface area contributed by atoms with Crippen LogP contribution >= 0.6 is 11.6 Å². The molecule has 0 bridgehead atoms. The van der Waals surface area contributed by atoms with Crippen molar-refractivity contribution in [1.82, 2.24) is 4.98 Å². The van der Waals surface area contributed by atoms with Crippen LogP contribution in [0.3, 0.4) is 0 Å². The minimum absolute atomic E-state index is 0.0570. The normalized spacial score (nSPS) is 28.1. The Kier molecular flexibility index (Phi) is 4.04. The molecule has 1 aromatic rings. The van der Waals surface area contributed by atoms with Gasteiger partial charge in [-0.15, -0.1) is 0 Å². The van der Waals surface area contributed by atoms with E-state index in [1.807, 2.05) is 4.90 Å². The standard InChI is InChI=1S/C17H20ClF2N3O3/c1-17(19,20)16-15(18)12(3-13(21-16)23-4-8(24)5-23)22-6-10-9(2-14(25)26)11(10)7-22/h3,8-11,24H,2,4-7H2,1H3,(H,25,26)/t9?,10-,11+. The summed E-state index contributed by atoms with van der Waals surface area (Å²) in [4.78, 5) is 18.6. The Morgan fingerprint density at radius 1 is 1.31 bits per heavy atom. The van der Waals surface area contributed by atoms with Gasteiger partial charge in [0.25, 0.3) is 5.92 Å². The van der Waals surface area contributed by atoms with Crippen molar-refractivity contribution in [3.8, 4) is 0 Å². The molecule has 26 heavy (non-hydrogen) atoms. The lowest BCUT2D eigenvalue weighted by molar-refractivity contribution is -0.137.